The largest absolute Gasteiger partial charge is 0.359 e. The summed E-state index contributed by atoms with van der Waals surface area (Å²) in [6.45, 7) is 2.25. The Morgan fingerprint density at radius 1 is 0.870 bits per heavy atom. The van der Waals surface area contributed by atoms with E-state index in [1.807, 2.05) is 24.3 Å². The molecular weight excluding hydrogens is 329 g/mol. The summed E-state index contributed by atoms with van der Waals surface area (Å²) in [5.74, 6) is 0.794. The van der Waals surface area contributed by atoms with E-state index >= 15 is 0 Å². The van der Waals surface area contributed by atoms with Gasteiger partial charge in [-0.15, -0.1) is 0 Å². The minimum Gasteiger partial charge on any atom is -0.359 e. The number of hydrogen-bond donors (Lipinski definition) is 0. The van der Waals surface area contributed by atoms with Crippen LogP contribution in [0.5, 0.6) is 0 Å². The van der Waals surface area contributed by atoms with Gasteiger partial charge in [-0.2, -0.15) is 0 Å². The summed E-state index contributed by atoms with van der Waals surface area (Å²) in [5, 5.41) is 5.45. The molecule has 0 bridgehead atoms. The molecule has 2 nitrogen and oxygen atoms in total. The van der Waals surface area contributed by atoms with Gasteiger partial charge >= 0.3 is 0 Å². The maximum atomic E-state index is 6.41. The second-order valence-corrected chi connectivity index (χ2v) is 6.81. The third kappa shape index (κ3) is 5.86. The number of aryl methyl sites for hydroxylation is 1. The zero-order valence-electron chi connectivity index (χ0n) is 13.8. The van der Waals surface area contributed by atoms with Gasteiger partial charge in [0.1, 0.15) is 10.7 Å². The van der Waals surface area contributed by atoms with Crippen LogP contribution in [0.4, 0.5) is 0 Å². The molecule has 0 aliphatic carbocycles. The van der Waals surface area contributed by atoms with Gasteiger partial charge in [-0.1, -0.05) is 92.4 Å². The van der Waals surface area contributed by atoms with Crippen LogP contribution >= 0.6 is 23.2 Å². The monoisotopic (exact) mass is 353 g/mol. The van der Waals surface area contributed by atoms with Gasteiger partial charge in [-0.05, 0) is 18.6 Å². The first-order valence-corrected chi connectivity index (χ1v) is 9.38. The molecule has 0 radical (unpaired) electrons. The molecule has 2 aromatic rings. The molecular formula is C19H25Cl2NO. The zero-order chi connectivity index (χ0) is 16.5. The van der Waals surface area contributed by atoms with E-state index in [0.29, 0.717) is 15.7 Å². The lowest BCUT2D eigenvalue weighted by molar-refractivity contribution is 0.380. The van der Waals surface area contributed by atoms with Crippen molar-refractivity contribution in [2.45, 2.75) is 64.7 Å². The van der Waals surface area contributed by atoms with Crippen molar-refractivity contribution in [3.8, 4) is 11.3 Å². The Morgan fingerprint density at radius 2 is 1.48 bits per heavy atom. The van der Waals surface area contributed by atoms with E-state index in [9.17, 15) is 0 Å². The van der Waals surface area contributed by atoms with E-state index in [1.54, 1.807) is 0 Å². The first kappa shape index (κ1) is 18.4. The first-order valence-electron chi connectivity index (χ1n) is 8.62. The van der Waals surface area contributed by atoms with Crippen LogP contribution < -0.4 is 0 Å². The maximum absolute atomic E-state index is 6.41. The Hall–Kier alpha value is -0.990. The third-order valence-corrected chi connectivity index (χ3v) is 4.72. The number of hydrogen-bond acceptors (Lipinski definition) is 2. The van der Waals surface area contributed by atoms with E-state index in [2.05, 4.69) is 12.1 Å². The van der Waals surface area contributed by atoms with Crippen molar-refractivity contribution in [3.05, 3.63) is 40.1 Å². The lowest BCUT2D eigenvalue weighted by Crippen LogP contribution is -1.86. The molecule has 0 unspecified atom stereocenters. The Bertz CT molecular complexity index is 578. The van der Waals surface area contributed by atoms with E-state index in [-0.39, 0.29) is 0 Å². The van der Waals surface area contributed by atoms with Crippen LogP contribution in [-0.4, -0.2) is 5.16 Å². The average Bonchev–Trinajstić information content (AvgIpc) is 2.92. The lowest BCUT2D eigenvalue weighted by Gasteiger charge is -2.01. The van der Waals surface area contributed by atoms with Gasteiger partial charge in [-0.25, -0.2) is 0 Å². The Labute approximate surface area is 149 Å². The van der Waals surface area contributed by atoms with Gasteiger partial charge < -0.3 is 4.52 Å². The van der Waals surface area contributed by atoms with Crippen LogP contribution in [0.3, 0.4) is 0 Å². The van der Waals surface area contributed by atoms with Crippen molar-refractivity contribution in [1.82, 2.24) is 5.16 Å². The van der Waals surface area contributed by atoms with Crippen molar-refractivity contribution in [1.29, 1.82) is 0 Å². The molecule has 1 aromatic carbocycles. The normalized spacial score (nSPS) is 11.1. The highest BCUT2D eigenvalue weighted by Crippen LogP contribution is 2.31. The topological polar surface area (TPSA) is 26.0 Å². The standard InChI is InChI=1S/C19H25Cl2NO/c1-2-3-4-5-6-7-8-9-10-17-18(21)19(22-23-17)15-11-13-16(20)14-12-15/h11-14H,2-10H2,1H3. The summed E-state index contributed by atoms with van der Waals surface area (Å²) in [5.41, 5.74) is 1.64. The number of halogens is 2. The van der Waals surface area contributed by atoms with E-state index in [0.717, 1.165) is 24.2 Å². The summed E-state index contributed by atoms with van der Waals surface area (Å²) in [7, 11) is 0. The minimum atomic E-state index is 0.635. The number of rotatable bonds is 10. The second-order valence-electron chi connectivity index (χ2n) is 6.00. The third-order valence-electron chi connectivity index (χ3n) is 4.07. The van der Waals surface area contributed by atoms with Crippen molar-refractivity contribution >= 4 is 23.2 Å². The summed E-state index contributed by atoms with van der Waals surface area (Å²) in [4.78, 5) is 0. The van der Waals surface area contributed by atoms with Gasteiger partial charge in [-0.3, -0.25) is 0 Å². The minimum absolute atomic E-state index is 0.635. The molecule has 0 aliphatic rings. The molecule has 0 fully saturated rings. The predicted octanol–water partition coefficient (Wildman–Crippen LogP) is 7.33. The smallest absolute Gasteiger partial charge is 0.155 e. The van der Waals surface area contributed by atoms with Crippen LogP contribution in [0, 0.1) is 0 Å². The molecule has 1 heterocycles. The highest BCUT2D eigenvalue weighted by Gasteiger charge is 2.15. The Morgan fingerprint density at radius 3 is 2.13 bits per heavy atom. The lowest BCUT2D eigenvalue weighted by atomic mass is 10.1. The fraction of sp³-hybridized carbons (Fsp3) is 0.526. The summed E-state index contributed by atoms with van der Waals surface area (Å²) in [6, 6.07) is 7.48. The van der Waals surface area contributed by atoms with Gasteiger partial charge in [0.25, 0.3) is 0 Å². The van der Waals surface area contributed by atoms with Crippen LogP contribution in [0.15, 0.2) is 28.8 Å². The number of nitrogens with zero attached hydrogens (tertiary/aromatic N) is 1. The van der Waals surface area contributed by atoms with Crippen molar-refractivity contribution in [2.75, 3.05) is 0 Å². The van der Waals surface area contributed by atoms with Crippen LogP contribution in [0.25, 0.3) is 11.3 Å². The summed E-state index contributed by atoms with van der Waals surface area (Å²) < 4.78 is 5.42. The van der Waals surface area contributed by atoms with Crippen molar-refractivity contribution in [3.63, 3.8) is 0 Å². The molecule has 23 heavy (non-hydrogen) atoms. The summed E-state index contributed by atoms with van der Waals surface area (Å²) in [6.07, 6.45) is 11.2. The van der Waals surface area contributed by atoms with Crippen molar-refractivity contribution in [2.24, 2.45) is 0 Å². The highest BCUT2D eigenvalue weighted by molar-refractivity contribution is 6.33. The van der Waals surface area contributed by atoms with Gasteiger partial charge in [0.2, 0.25) is 0 Å². The molecule has 0 saturated heterocycles. The van der Waals surface area contributed by atoms with Crippen LogP contribution in [0.1, 0.15) is 64.1 Å². The molecule has 0 N–H and O–H groups in total. The molecule has 1 aromatic heterocycles. The fourth-order valence-electron chi connectivity index (χ4n) is 2.67. The van der Waals surface area contributed by atoms with Gasteiger partial charge in [0.05, 0.1) is 0 Å². The number of aromatic nitrogens is 1. The van der Waals surface area contributed by atoms with Crippen molar-refractivity contribution < 1.29 is 4.52 Å². The quantitative estimate of drug-likeness (QED) is 0.417. The average molecular weight is 354 g/mol. The molecule has 0 spiro atoms. The molecule has 0 atom stereocenters. The summed E-state index contributed by atoms with van der Waals surface area (Å²) >= 11 is 12.3. The Balaban J connectivity index is 1.75. The highest BCUT2D eigenvalue weighted by atomic mass is 35.5. The van der Waals surface area contributed by atoms with Crippen LogP contribution in [0.2, 0.25) is 10.0 Å². The van der Waals surface area contributed by atoms with E-state index < -0.39 is 0 Å². The van der Waals surface area contributed by atoms with Crippen LogP contribution in [-0.2, 0) is 6.42 Å². The first-order chi connectivity index (χ1) is 11.2. The molecule has 0 amide bonds. The number of benzene rings is 1. The van der Waals surface area contributed by atoms with Gasteiger partial charge in [0, 0.05) is 17.0 Å². The van der Waals surface area contributed by atoms with Gasteiger partial charge in [0.15, 0.2) is 5.76 Å². The fourth-order valence-corrected chi connectivity index (χ4v) is 3.07. The zero-order valence-corrected chi connectivity index (χ0v) is 15.3. The molecule has 126 valence electrons. The maximum Gasteiger partial charge on any atom is 0.155 e. The van der Waals surface area contributed by atoms with E-state index in [4.69, 9.17) is 27.7 Å². The second kappa shape index (κ2) is 10.00. The molecule has 4 heteroatoms. The number of unbranched alkanes of at least 4 members (excludes halogenated alkanes) is 7. The molecule has 2 rings (SSSR count). The SMILES string of the molecule is CCCCCCCCCCc1onc(-c2ccc(Cl)cc2)c1Cl. The Kier molecular flexibility index (Phi) is 7.98. The predicted molar refractivity (Wildman–Crippen MR) is 98.3 cm³/mol. The van der Waals surface area contributed by atoms with E-state index in [1.165, 1.54) is 44.9 Å². The molecule has 0 aliphatic heterocycles. The molecule has 0 saturated carbocycles.